The lowest BCUT2D eigenvalue weighted by Crippen LogP contribution is -2.18. The Morgan fingerprint density at radius 3 is 2.30 bits per heavy atom. The van der Waals surface area contributed by atoms with Gasteiger partial charge >= 0.3 is 0 Å². The first kappa shape index (κ1) is 22.1. The van der Waals surface area contributed by atoms with E-state index >= 15 is 0 Å². The van der Waals surface area contributed by atoms with Crippen LogP contribution in [-0.2, 0) is 22.1 Å². The summed E-state index contributed by atoms with van der Waals surface area (Å²) in [5.74, 6) is -0.103. The van der Waals surface area contributed by atoms with Crippen LogP contribution >= 0.6 is 35.6 Å². The topological polar surface area (TPSA) is 53.2 Å². The quantitative estimate of drug-likeness (QED) is 0.556. The zero-order valence-corrected chi connectivity index (χ0v) is 18.1. The van der Waals surface area contributed by atoms with Gasteiger partial charge in [0, 0.05) is 33.2 Å². The van der Waals surface area contributed by atoms with Crippen LogP contribution in [0.15, 0.2) is 47.4 Å². The van der Waals surface area contributed by atoms with Gasteiger partial charge in [-0.3, -0.25) is 0 Å². The van der Waals surface area contributed by atoms with Crippen molar-refractivity contribution in [2.75, 3.05) is 13.6 Å². The molecule has 4 nitrogen and oxygen atoms in total. The fourth-order valence-corrected chi connectivity index (χ4v) is 4.52. The lowest BCUT2D eigenvalue weighted by molar-refractivity contribution is 0.346. The molecule has 0 fully saturated rings. The summed E-state index contributed by atoms with van der Waals surface area (Å²) >= 11 is 12.0. The van der Waals surface area contributed by atoms with E-state index in [1.54, 1.807) is 18.2 Å². The molecule has 0 spiro atoms. The number of aromatic nitrogens is 1. The highest BCUT2D eigenvalue weighted by molar-refractivity contribution is 7.90. The molecule has 2 aromatic carbocycles. The lowest BCUT2D eigenvalue weighted by Gasteiger charge is -2.15. The molecule has 27 heavy (non-hydrogen) atoms. The fraction of sp³-hybridized carbons (Fsp3) is 0.263. The normalized spacial score (nSPS) is 11.7. The highest BCUT2D eigenvalue weighted by Gasteiger charge is 2.21. The average molecular weight is 448 g/mol. The molecule has 0 aliphatic rings. The van der Waals surface area contributed by atoms with Crippen LogP contribution in [0.1, 0.15) is 18.2 Å². The second kappa shape index (κ2) is 8.84. The van der Waals surface area contributed by atoms with Crippen molar-refractivity contribution in [1.29, 1.82) is 0 Å². The van der Waals surface area contributed by atoms with Gasteiger partial charge in [0.2, 0.25) is 0 Å². The summed E-state index contributed by atoms with van der Waals surface area (Å²) in [6.07, 6.45) is 0. The summed E-state index contributed by atoms with van der Waals surface area (Å²) < 4.78 is 25.7. The predicted molar refractivity (Wildman–Crippen MR) is 115 cm³/mol. The molecule has 8 heteroatoms. The minimum Gasteiger partial charge on any atom is -0.357 e. The van der Waals surface area contributed by atoms with Crippen molar-refractivity contribution in [3.63, 3.8) is 0 Å². The smallest absolute Gasteiger partial charge is 0.183 e. The molecule has 0 amide bonds. The Bertz CT molecular complexity index is 1030. The maximum atomic E-state index is 12.9. The fourth-order valence-electron chi connectivity index (χ4n) is 2.88. The van der Waals surface area contributed by atoms with Crippen LogP contribution in [0.25, 0.3) is 10.9 Å². The van der Waals surface area contributed by atoms with Gasteiger partial charge in [-0.2, -0.15) is 0 Å². The Morgan fingerprint density at radius 1 is 1.04 bits per heavy atom. The van der Waals surface area contributed by atoms with Crippen LogP contribution < -0.4 is 0 Å². The van der Waals surface area contributed by atoms with Gasteiger partial charge in [-0.05, 0) is 61.6 Å². The first-order valence-electron chi connectivity index (χ1n) is 8.26. The van der Waals surface area contributed by atoms with Crippen LogP contribution in [0.2, 0.25) is 10.0 Å². The van der Waals surface area contributed by atoms with Crippen molar-refractivity contribution in [2.45, 2.75) is 24.1 Å². The molecule has 0 aliphatic carbocycles. The van der Waals surface area contributed by atoms with Crippen molar-refractivity contribution in [1.82, 2.24) is 9.88 Å². The Balaban J connectivity index is 0.00000261. The molecule has 0 saturated carbocycles. The van der Waals surface area contributed by atoms with E-state index in [1.807, 2.05) is 19.2 Å². The van der Waals surface area contributed by atoms with Gasteiger partial charge in [0.1, 0.15) is 0 Å². The molecule has 0 radical (unpaired) electrons. The van der Waals surface area contributed by atoms with Crippen LogP contribution in [0.4, 0.5) is 0 Å². The molecule has 0 aliphatic heterocycles. The average Bonchev–Trinajstić information content (AvgIpc) is 2.91. The Kier molecular flexibility index (Phi) is 7.22. The van der Waals surface area contributed by atoms with Gasteiger partial charge in [0.25, 0.3) is 0 Å². The number of sulfone groups is 1. The molecule has 3 aromatic rings. The van der Waals surface area contributed by atoms with E-state index in [4.69, 9.17) is 23.2 Å². The molecule has 0 bridgehead atoms. The number of H-pyrrole nitrogens is 1. The second-order valence-electron chi connectivity index (χ2n) is 6.32. The molecular formula is C19H21Cl3N2O2S. The Hall–Kier alpha value is -1.24. The minimum atomic E-state index is -3.49. The number of nitrogens with zero attached hydrogens (tertiary/aromatic N) is 1. The first-order chi connectivity index (χ1) is 12.3. The molecule has 0 unspecified atom stereocenters. The van der Waals surface area contributed by atoms with E-state index in [2.05, 4.69) is 16.8 Å². The number of nitrogens with one attached hydrogen (secondary N) is 1. The zero-order valence-electron chi connectivity index (χ0n) is 15.0. The van der Waals surface area contributed by atoms with Gasteiger partial charge in [-0.15, -0.1) is 12.4 Å². The third-order valence-electron chi connectivity index (χ3n) is 4.43. The lowest BCUT2D eigenvalue weighted by atomic mass is 10.1. The Labute approximate surface area is 175 Å². The summed E-state index contributed by atoms with van der Waals surface area (Å²) in [5.41, 5.74) is 2.54. The summed E-state index contributed by atoms with van der Waals surface area (Å²) in [5, 5.41) is 2.09. The van der Waals surface area contributed by atoms with Crippen molar-refractivity contribution in [3.8, 4) is 0 Å². The number of halogens is 3. The third kappa shape index (κ3) is 4.98. The summed E-state index contributed by atoms with van der Waals surface area (Å²) in [4.78, 5) is 5.65. The van der Waals surface area contributed by atoms with E-state index in [0.29, 0.717) is 22.3 Å². The molecule has 0 saturated heterocycles. The van der Waals surface area contributed by atoms with Gasteiger partial charge in [-0.1, -0.05) is 30.1 Å². The van der Waals surface area contributed by atoms with Gasteiger partial charge in [-0.25, -0.2) is 8.42 Å². The minimum absolute atomic E-state index is 0. The predicted octanol–water partition coefficient (Wildman–Crippen LogP) is 5.32. The van der Waals surface area contributed by atoms with E-state index < -0.39 is 9.84 Å². The van der Waals surface area contributed by atoms with Crippen LogP contribution in [-0.4, -0.2) is 31.9 Å². The van der Waals surface area contributed by atoms with E-state index in [0.717, 1.165) is 23.0 Å². The highest BCUT2D eigenvalue weighted by atomic mass is 35.5. The maximum absolute atomic E-state index is 12.9. The number of rotatable bonds is 6. The number of aromatic amines is 1. The van der Waals surface area contributed by atoms with Crippen molar-refractivity contribution < 1.29 is 8.42 Å². The summed E-state index contributed by atoms with van der Waals surface area (Å²) in [7, 11) is -1.49. The monoisotopic (exact) mass is 446 g/mol. The SMILES string of the molecule is CCN(C)Cc1c(CS(=O)(=O)c2ccc(Cl)cc2)[nH]c2ccc(Cl)cc12.Cl. The molecule has 1 aromatic heterocycles. The molecule has 3 rings (SSSR count). The van der Waals surface area contributed by atoms with Gasteiger partial charge in [0.05, 0.1) is 10.6 Å². The molecule has 1 heterocycles. The third-order valence-corrected chi connectivity index (χ3v) is 6.58. The van der Waals surface area contributed by atoms with E-state index in [1.165, 1.54) is 12.1 Å². The number of hydrogen-bond donors (Lipinski definition) is 1. The molecular weight excluding hydrogens is 427 g/mol. The first-order valence-corrected chi connectivity index (χ1v) is 10.7. The van der Waals surface area contributed by atoms with Crippen molar-refractivity contribution in [3.05, 3.63) is 63.8 Å². The largest absolute Gasteiger partial charge is 0.357 e. The van der Waals surface area contributed by atoms with Gasteiger partial charge in [0.15, 0.2) is 9.84 Å². The Morgan fingerprint density at radius 2 is 1.67 bits per heavy atom. The number of fused-ring (bicyclic) bond motifs is 1. The van der Waals surface area contributed by atoms with Gasteiger partial charge < -0.3 is 9.88 Å². The number of hydrogen-bond acceptors (Lipinski definition) is 3. The molecule has 1 N–H and O–H groups in total. The van der Waals surface area contributed by atoms with Crippen LogP contribution in [0.5, 0.6) is 0 Å². The number of benzene rings is 2. The van der Waals surface area contributed by atoms with Crippen molar-refractivity contribution in [2.24, 2.45) is 0 Å². The molecule has 0 atom stereocenters. The zero-order chi connectivity index (χ0) is 18.9. The van der Waals surface area contributed by atoms with Crippen LogP contribution in [0.3, 0.4) is 0 Å². The van der Waals surface area contributed by atoms with Crippen LogP contribution in [0, 0.1) is 0 Å². The summed E-state index contributed by atoms with van der Waals surface area (Å²) in [6.45, 7) is 3.56. The summed E-state index contributed by atoms with van der Waals surface area (Å²) in [6, 6.07) is 11.8. The maximum Gasteiger partial charge on any atom is 0.183 e. The second-order valence-corrected chi connectivity index (χ2v) is 9.18. The highest BCUT2D eigenvalue weighted by Crippen LogP contribution is 2.29. The molecule has 146 valence electrons. The van der Waals surface area contributed by atoms with E-state index in [-0.39, 0.29) is 23.1 Å². The van der Waals surface area contributed by atoms with Crippen molar-refractivity contribution >= 4 is 56.3 Å². The standard InChI is InChI=1S/C19H20Cl2N2O2S.ClH/c1-3-23(2)11-17-16-10-14(21)6-9-18(16)22-19(17)12-26(24,25)15-7-4-13(20)5-8-15;/h4-10,22H,3,11-12H2,1-2H3;1H. The van der Waals surface area contributed by atoms with E-state index in [9.17, 15) is 8.42 Å².